The Morgan fingerprint density at radius 3 is 2.83 bits per heavy atom. The Hall–Kier alpha value is -3.13. The summed E-state index contributed by atoms with van der Waals surface area (Å²) in [6.45, 7) is 4.31. The highest BCUT2D eigenvalue weighted by atomic mass is 79.9. The van der Waals surface area contributed by atoms with E-state index in [9.17, 15) is 4.79 Å². The summed E-state index contributed by atoms with van der Waals surface area (Å²) in [6.07, 6.45) is 1.47. The number of nitrogens with one attached hydrogen (secondary N) is 2. The quantitative estimate of drug-likeness (QED) is 0.599. The van der Waals surface area contributed by atoms with Gasteiger partial charge >= 0.3 is 0 Å². The van der Waals surface area contributed by atoms with Crippen LogP contribution in [0.1, 0.15) is 25.5 Å². The molecule has 0 saturated heterocycles. The number of fused-ring (bicyclic) bond motifs is 1. The summed E-state index contributed by atoms with van der Waals surface area (Å²) in [7, 11) is 0. The van der Waals surface area contributed by atoms with Gasteiger partial charge in [0.15, 0.2) is 0 Å². The van der Waals surface area contributed by atoms with Crippen molar-refractivity contribution < 1.29 is 9.53 Å². The first-order chi connectivity index (χ1) is 14.1. The minimum Gasteiger partial charge on any atom is -0.494 e. The van der Waals surface area contributed by atoms with Crippen molar-refractivity contribution in [2.24, 2.45) is 0 Å². The number of ether oxygens (including phenoxy) is 1. The third-order valence-electron chi connectivity index (χ3n) is 4.64. The van der Waals surface area contributed by atoms with Crippen LogP contribution < -0.4 is 15.4 Å². The second-order valence-corrected chi connectivity index (χ2v) is 7.45. The van der Waals surface area contributed by atoms with Crippen LogP contribution in [0.3, 0.4) is 0 Å². The number of allylic oxidation sites excluding steroid dienone is 1. The SMILES string of the molecule is CCOc1ccc(Br)cc1[C@H]1C(C(=O)Nc2ccccc2)=C(C)Nc2ncnn21. The molecule has 1 aliphatic heterocycles. The van der Waals surface area contributed by atoms with E-state index in [1.807, 2.05) is 62.4 Å². The topological polar surface area (TPSA) is 81.1 Å². The molecular formula is C21H20BrN5O2. The van der Waals surface area contributed by atoms with Gasteiger partial charge in [0, 0.05) is 21.4 Å². The molecule has 29 heavy (non-hydrogen) atoms. The number of anilines is 2. The van der Waals surface area contributed by atoms with Crippen molar-refractivity contribution in [2.45, 2.75) is 19.9 Å². The molecule has 1 aliphatic rings. The van der Waals surface area contributed by atoms with Gasteiger partial charge in [-0.2, -0.15) is 10.1 Å². The number of amides is 1. The summed E-state index contributed by atoms with van der Waals surface area (Å²) in [5.74, 6) is 1.06. The summed E-state index contributed by atoms with van der Waals surface area (Å²) in [6, 6.07) is 14.6. The maximum Gasteiger partial charge on any atom is 0.255 e. The zero-order valence-electron chi connectivity index (χ0n) is 16.0. The van der Waals surface area contributed by atoms with Gasteiger partial charge in [-0.15, -0.1) is 0 Å². The number of nitrogens with zero attached hydrogens (tertiary/aromatic N) is 3. The average Bonchev–Trinajstić information content (AvgIpc) is 3.17. The Labute approximate surface area is 176 Å². The number of hydrogen-bond acceptors (Lipinski definition) is 5. The lowest BCUT2D eigenvalue weighted by molar-refractivity contribution is -0.113. The Bertz CT molecular complexity index is 1080. The van der Waals surface area contributed by atoms with Crippen LogP contribution in [0.5, 0.6) is 5.75 Å². The lowest BCUT2D eigenvalue weighted by Crippen LogP contribution is -2.31. The number of para-hydroxylation sites is 1. The molecule has 0 radical (unpaired) electrons. The highest BCUT2D eigenvalue weighted by Crippen LogP contribution is 2.40. The van der Waals surface area contributed by atoms with Crippen molar-refractivity contribution in [1.29, 1.82) is 0 Å². The van der Waals surface area contributed by atoms with Crippen molar-refractivity contribution in [1.82, 2.24) is 14.8 Å². The second kappa shape index (κ2) is 8.08. The van der Waals surface area contributed by atoms with Gasteiger partial charge in [0.25, 0.3) is 5.91 Å². The molecule has 0 aliphatic carbocycles. The Balaban J connectivity index is 1.83. The molecule has 1 atom stereocenters. The van der Waals surface area contributed by atoms with Crippen LogP contribution in [0.15, 0.2) is 70.6 Å². The summed E-state index contributed by atoms with van der Waals surface area (Å²) in [5.41, 5.74) is 2.81. The van der Waals surface area contributed by atoms with Crippen molar-refractivity contribution >= 4 is 33.5 Å². The van der Waals surface area contributed by atoms with Crippen LogP contribution in [-0.4, -0.2) is 27.3 Å². The molecule has 0 spiro atoms. The minimum absolute atomic E-state index is 0.213. The standard InChI is InChI=1S/C21H20BrN5O2/c1-3-29-17-10-9-14(22)11-16(17)19-18(13(2)25-21-23-12-24-27(19)21)20(28)26-15-7-5-4-6-8-15/h4-12,19H,3H2,1-2H3,(H,26,28)(H,23,24,25)/t19-/m0/s1. The van der Waals surface area contributed by atoms with Crippen LogP contribution in [0.2, 0.25) is 0 Å². The maximum absolute atomic E-state index is 13.3. The number of halogens is 1. The highest BCUT2D eigenvalue weighted by molar-refractivity contribution is 9.10. The smallest absolute Gasteiger partial charge is 0.255 e. The van der Waals surface area contributed by atoms with E-state index in [0.717, 1.165) is 15.7 Å². The first-order valence-corrected chi connectivity index (χ1v) is 10.0. The van der Waals surface area contributed by atoms with Gasteiger partial charge in [-0.1, -0.05) is 34.1 Å². The Kier molecular flexibility index (Phi) is 5.35. The van der Waals surface area contributed by atoms with E-state index >= 15 is 0 Å². The Morgan fingerprint density at radius 1 is 1.28 bits per heavy atom. The lowest BCUT2D eigenvalue weighted by atomic mass is 9.94. The molecule has 2 heterocycles. The molecule has 0 unspecified atom stereocenters. The molecule has 3 aromatic rings. The zero-order chi connectivity index (χ0) is 20.4. The number of carbonyl (C=O) groups is 1. The molecule has 1 aromatic heterocycles. The van der Waals surface area contributed by atoms with Gasteiger partial charge in [-0.3, -0.25) is 4.79 Å². The van der Waals surface area contributed by atoms with Crippen LogP contribution in [0.25, 0.3) is 0 Å². The van der Waals surface area contributed by atoms with Gasteiger partial charge in [0.05, 0.1) is 12.2 Å². The van der Waals surface area contributed by atoms with E-state index in [-0.39, 0.29) is 5.91 Å². The van der Waals surface area contributed by atoms with Gasteiger partial charge < -0.3 is 15.4 Å². The van der Waals surface area contributed by atoms with Gasteiger partial charge in [-0.05, 0) is 44.2 Å². The molecule has 1 amide bonds. The van der Waals surface area contributed by atoms with E-state index in [1.54, 1.807) is 4.68 Å². The monoisotopic (exact) mass is 453 g/mol. The first kappa shape index (κ1) is 19.2. The molecule has 4 rings (SSSR count). The number of aromatic nitrogens is 3. The third kappa shape index (κ3) is 3.75. The van der Waals surface area contributed by atoms with Crippen LogP contribution >= 0.6 is 15.9 Å². The fourth-order valence-corrected chi connectivity index (χ4v) is 3.79. The number of carbonyl (C=O) groups excluding carboxylic acids is 1. The third-order valence-corrected chi connectivity index (χ3v) is 5.13. The zero-order valence-corrected chi connectivity index (χ0v) is 17.6. The lowest BCUT2D eigenvalue weighted by Gasteiger charge is -2.29. The molecule has 0 fully saturated rings. The predicted molar refractivity (Wildman–Crippen MR) is 115 cm³/mol. The molecule has 0 bridgehead atoms. The molecule has 2 aromatic carbocycles. The first-order valence-electron chi connectivity index (χ1n) is 9.24. The molecular weight excluding hydrogens is 434 g/mol. The molecule has 8 heteroatoms. The van der Waals surface area contributed by atoms with Crippen LogP contribution in [-0.2, 0) is 4.79 Å². The summed E-state index contributed by atoms with van der Waals surface area (Å²) in [5, 5.41) is 10.5. The van der Waals surface area contributed by atoms with Crippen molar-refractivity contribution in [3.05, 3.63) is 76.2 Å². The van der Waals surface area contributed by atoms with Crippen molar-refractivity contribution in [3.63, 3.8) is 0 Å². The predicted octanol–water partition coefficient (Wildman–Crippen LogP) is 4.37. The van der Waals surface area contributed by atoms with Gasteiger partial charge in [0.1, 0.15) is 18.1 Å². The summed E-state index contributed by atoms with van der Waals surface area (Å²) >= 11 is 3.54. The fraction of sp³-hybridized carbons (Fsp3) is 0.190. The number of rotatable bonds is 5. The van der Waals surface area contributed by atoms with E-state index in [2.05, 4.69) is 36.6 Å². The molecule has 148 valence electrons. The van der Waals surface area contributed by atoms with Crippen molar-refractivity contribution in [3.8, 4) is 5.75 Å². The number of benzene rings is 2. The highest BCUT2D eigenvalue weighted by Gasteiger charge is 2.35. The Morgan fingerprint density at radius 2 is 2.07 bits per heavy atom. The summed E-state index contributed by atoms with van der Waals surface area (Å²) in [4.78, 5) is 17.6. The van der Waals surface area contributed by atoms with E-state index in [4.69, 9.17) is 4.74 Å². The van der Waals surface area contributed by atoms with Crippen molar-refractivity contribution in [2.75, 3.05) is 17.2 Å². The van der Waals surface area contributed by atoms with E-state index in [0.29, 0.717) is 29.6 Å². The number of hydrogen-bond donors (Lipinski definition) is 2. The molecule has 7 nitrogen and oxygen atoms in total. The normalized spacial score (nSPS) is 15.5. The largest absolute Gasteiger partial charge is 0.494 e. The summed E-state index contributed by atoms with van der Waals surface area (Å²) < 4.78 is 8.45. The van der Waals surface area contributed by atoms with Gasteiger partial charge in [-0.25, -0.2) is 4.68 Å². The second-order valence-electron chi connectivity index (χ2n) is 6.53. The average molecular weight is 454 g/mol. The molecule has 0 saturated carbocycles. The van der Waals surface area contributed by atoms with Crippen LogP contribution in [0.4, 0.5) is 11.6 Å². The molecule has 2 N–H and O–H groups in total. The van der Waals surface area contributed by atoms with E-state index < -0.39 is 6.04 Å². The van der Waals surface area contributed by atoms with E-state index in [1.165, 1.54) is 6.33 Å². The maximum atomic E-state index is 13.3. The fourth-order valence-electron chi connectivity index (χ4n) is 3.41. The minimum atomic E-state index is -0.489. The van der Waals surface area contributed by atoms with Crippen LogP contribution in [0, 0.1) is 0 Å². The van der Waals surface area contributed by atoms with Gasteiger partial charge in [0.2, 0.25) is 5.95 Å².